The van der Waals surface area contributed by atoms with Crippen molar-refractivity contribution >= 4 is 17.4 Å². The summed E-state index contributed by atoms with van der Waals surface area (Å²) in [5.74, 6) is 2.54. The molecule has 0 N–H and O–H groups in total. The Morgan fingerprint density at radius 2 is 1.96 bits per heavy atom. The van der Waals surface area contributed by atoms with Crippen molar-refractivity contribution in [1.29, 1.82) is 0 Å². The highest BCUT2D eigenvalue weighted by molar-refractivity contribution is 6.30. The third kappa shape index (κ3) is 3.66. The van der Waals surface area contributed by atoms with Crippen molar-refractivity contribution < 1.29 is 0 Å². The summed E-state index contributed by atoms with van der Waals surface area (Å²) in [7, 11) is 0. The topological polar surface area (TPSA) is 46.8 Å². The second-order valence-corrected chi connectivity index (χ2v) is 6.83. The number of rotatable bonds is 4. The van der Waals surface area contributed by atoms with Crippen LogP contribution < -0.4 is 4.90 Å². The maximum Gasteiger partial charge on any atom is 0.128 e. The van der Waals surface area contributed by atoms with E-state index in [1.54, 1.807) is 6.20 Å². The van der Waals surface area contributed by atoms with E-state index in [0.29, 0.717) is 10.9 Å². The van der Waals surface area contributed by atoms with Gasteiger partial charge in [0.15, 0.2) is 0 Å². The van der Waals surface area contributed by atoms with Crippen molar-refractivity contribution in [3.63, 3.8) is 0 Å². The van der Waals surface area contributed by atoms with Gasteiger partial charge in [-0.05, 0) is 42.7 Å². The van der Waals surface area contributed by atoms with E-state index >= 15 is 0 Å². The molecule has 1 unspecified atom stereocenters. The maximum absolute atomic E-state index is 5.96. The predicted molar refractivity (Wildman–Crippen MR) is 99.0 cm³/mol. The molecule has 1 fully saturated rings. The Hall–Kier alpha value is -2.40. The lowest BCUT2D eigenvalue weighted by molar-refractivity contribution is 0.474. The van der Waals surface area contributed by atoms with Crippen LogP contribution in [-0.2, 0) is 6.54 Å². The molecule has 0 aliphatic carbocycles. The largest absolute Gasteiger partial charge is 0.356 e. The molecule has 0 radical (unpaired) electrons. The van der Waals surface area contributed by atoms with Crippen molar-refractivity contribution in [1.82, 2.24) is 19.5 Å². The van der Waals surface area contributed by atoms with E-state index in [4.69, 9.17) is 11.6 Å². The van der Waals surface area contributed by atoms with Gasteiger partial charge in [-0.3, -0.25) is 4.98 Å². The predicted octanol–water partition coefficient (Wildman–Crippen LogP) is 3.76. The first-order valence-corrected chi connectivity index (χ1v) is 8.94. The Morgan fingerprint density at radius 1 is 1.08 bits per heavy atom. The molecule has 6 heteroatoms. The number of piperidine rings is 1. The minimum Gasteiger partial charge on any atom is -0.356 e. The molecule has 0 saturated carbocycles. The van der Waals surface area contributed by atoms with Crippen LogP contribution in [0.4, 0.5) is 5.82 Å². The molecule has 0 aromatic carbocycles. The molecule has 3 aromatic heterocycles. The standard InChI is InChI=1S/C19H20ClN5/c20-17-3-4-18(23-12-17)24-10-1-2-16(14-24)19-22-9-11-25(19)13-15-5-7-21-8-6-15/h3-9,11-12,16H,1-2,10,13-14H2. The van der Waals surface area contributed by atoms with Gasteiger partial charge in [-0.25, -0.2) is 9.97 Å². The van der Waals surface area contributed by atoms with Gasteiger partial charge >= 0.3 is 0 Å². The Kier molecular flexibility index (Phi) is 4.65. The molecule has 0 bridgehead atoms. The lowest BCUT2D eigenvalue weighted by atomic mass is 9.97. The first-order chi connectivity index (χ1) is 12.3. The zero-order valence-corrected chi connectivity index (χ0v) is 14.7. The van der Waals surface area contributed by atoms with Crippen LogP contribution >= 0.6 is 11.6 Å². The van der Waals surface area contributed by atoms with Crippen molar-refractivity contribution in [3.05, 3.63) is 71.7 Å². The fourth-order valence-corrected chi connectivity index (χ4v) is 3.56. The van der Waals surface area contributed by atoms with Crippen LogP contribution in [0.15, 0.2) is 55.2 Å². The minimum atomic E-state index is 0.406. The molecule has 4 heterocycles. The molecule has 1 saturated heterocycles. The minimum absolute atomic E-state index is 0.406. The quantitative estimate of drug-likeness (QED) is 0.716. The van der Waals surface area contributed by atoms with Crippen LogP contribution in [-0.4, -0.2) is 32.6 Å². The summed E-state index contributed by atoms with van der Waals surface area (Å²) < 4.78 is 2.25. The van der Waals surface area contributed by atoms with Crippen molar-refractivity contribution in [3.8, 4) is 0 Å². The highest BCUT2D eigenvalue weighted by Gasteiger charge is 2.25. The van der Waals surface area contributed by atoms with E-state index in [1.165, 1.54) is 5.56 Å². The van der Waals surface area contributed by atoms with Crippen LogP contribution in [0.2, 0.25) is 5.02 Å². The number of anilines is 1. The van der Waals surface area contributed by atoms with Gasteiger partial charge in [0, 0.05) is 56.5 Å². The van der Waals surface area contributed by atoms with Gasteiger partial charge in [0.25, 0.3) is 0 Å². The molecular formula is C19H20ClN5. The van der Waals surface area contributed by atoms with E-state index in [2.05, 4.69) is 42.7 Å². The van der Waals surface area contributed by atoms with E-state index < -0.39 is 0 Å². The average molecular weight is 354 g/mol. The maximum atomic E-state index is 5.96. The highest BCUT2D eigenvalue weighted by atomic mass is 35.5. The summed E-state index contributed by atoms with van der Waals surface area (Å²) in [6.07, 6.45) is 11.6. The normalized spacial score (nSPS) is 17.6. The molecule has 25 heavy (non-hydrogen) atoms. The van der Waals surface area contributed by atoms with Gasteiger partial charge in [-0.1, -0.05) is 11.6 Å². The summed E-state index contributed by atoms with van der Waals surface area (Å²) in [5, 5.41) is 0.671. The van der Waals surface area contributed by atoms with Crippen LogP contribution in [0, 0.1) is 0 Å². The SMILES string of the molecule is Clc1ccc(N2CCCC(c3nccn3Cc3ccncc3)C2)nc1. The number of halogens is 1. The van der Waals surface area contributed by atoms with Gasteiger partial charge in [0.1, 0.15) is 11.6 Å². The summed E-state index contributed by atoms with van der Waals surface area (Å²) in [6, 6.07) is 8.00. The summed E-state index contributed by atoms with van der Waals surface area (Å²) >= 11 is 5.96. The molecule has 3 aromatic rings. The molecule has 1 atom stereocenters. The third-order valence-corrected chi connectivity index (χ3v) is 4.90. The van der Waals surface area contributed by atoms with Gasteiger partial charge in [-0.2, -0.15) is 0 Å². The highest BCUT2D eigenvalue weighted by Crippen LogP contribution is 2.29. The summed E-state index contributed by atoms with van der Waals surface area (Å²) in [4.78, 5) is 15.5. The molecule has 5 nitrogen and oxygen atoms in total. The molecular weight excluding hydrogens is 334 g/mol. The van der Waals surface area contributed by atoms with Crippen molar-refractivity contribution in [2.45, 2.75) is 25.3 Å². The lowest BCUT2D eigenvalue weighted by Gasteiger charge is -2.33. The number of pyridine rings is 2. The zero-order valence-electron chi connectivity index (χ0n) is 13.9. The molecule has 0 spiro atoms. The van der Waals surface area contributed by atoms with E-state index in [0.717, 1.165) is 44.1 Å². The fraction of sp³-hybridized carbons (Fsp3) is 0.316. The number of imidazole rings is 1. The number of hydrogen-bond donors (Lipinski definition) is 0. The Labute approximate surface area is 152 Å². The molecule has 128 valence electrons. The van der Waals surface area contributed by atoms with E-state index in [-0.39, 0.29) is 0 Å². The number of nitrogens with zero attached hydrogens (tertiary/aromatic N) is 5. The number of aromatic nitrogens is 4. The first-order valence-electron chi connectivity index (χ1n) is 8.56. The fourth-order valence-electron chi connectivity index (χ4n) is 3.45. The van der Waals surface area contributed by atoms with Gasteiger partial charge in [0.05, 0.1) is 5.02 Å². The Balaban J connectivity index is 1.52. The molecule has 1 aliphatic heterocycles. The lowest BCUT2D eigenvalue weighted by Crippen LogP contribution is -2.35. The average Bonchev–Trinajstić information content (AvgIpc) is 3.11. The van der Waals surface area contributed by atoms with Crippen molar-refractivity contribution in [2.24, 2.45) is 0 Å². The molecule has 0 amide bonds. The Bertz CT molecular complexity index is 815. The van der Waals surface area contributed by atoms with Crippen LogP contribution in [0.3, 0.4) is 0 Å². The second kappa shape index (κ2) is 7.23. The monoisotopic (exact) mass is 353 g/mol. The molecule has 4 rings (SSSR count). The zero-order chi connectivity index (χ0) is 17.1. The Morgan fingerprint density at radius 3 is 2.76 bits per heavy atom. The first kappa shape index (κ1) is 16.1. The van der Waals surface area contributed by atoms with E-state index in [1.807, 2.05) is 30.7 Å². The van der Waals surface area contributed by atoms with Gasteiger partial charge < -0.3 is 9.47 Å². The van der Waals surface area contributed by atoms with Gasteiger partial charge in [0.2, 0.25) is 0 Å². The van der Waals surface area contributed by atoms with Crippen LogP contribution in [0.25, 0.3) is 0 Å². The third-order valence-electron chi connectivity index (χ3n) is 4.67. The van der Waals surface area contributed by atoms with Crippen LogP contribution in [0.5, 0.6) is 0 Å². The summed E-state index contributed by atoms with van der Waals surface area (Å²) in [6.45, 7) is 2.78. The summed E-state index contributed by atoms with van der Waals surface area (Å²) in [5.41, 5.74) is 1.24. The second-order valence-electron chi connectivity index (χ2n) is 6.39. The molecule has 1 aliphatic rings. The van der Waals surface area contributed by atoms with Crippen molar-refractivity contribution in [2.75, 3.05) is 18.0 Å². The smallest absolute Gasteiger partial charge is 0.128 e. The number of hydrogen-bond acceptors (Lipinski definition) is 4. The van der Waals surface area contributed by atoms with Gasteiger partial charge in [-0.15, -0.1) is 0 Å². The van der Waals surface area contributed by atoms with E-state index in [9.17, 15) is 0 Å². The van der Waals surface area contributed by atoms with Crippen LogP contribution in [0.1, 0.15) is 30.1 Å².